The molecule has 0 unspecified atom stereocenters. The number of hydrogen-bond donors (Lipinski definition) is 0. The Morgan fingerprint density at radius 1 is 1.23 bits per heavy atom. The number of hydrogen-bond acceptors (Lipinski definition) is 5. The molecule has 0 saturated heterocycles. The summed E-state index contributed by atoms with van der Waals surface area (Å²) in [6.45, 7) is 2.03. The van der Waals surface area contributed by atoms with Crippen LogP contribution in [0.3, 0.4) is 0 Å². The lowest BCUT2D eigenvalue weighted by atomic mass is 10.2. The van der Waals surface area contributed by atoms with Crippen molar-refractivity contribution in [1.82, 2.24) is 19.6 Å². The smallest absolute Gasteiger partial charge is 0.453 e. The maximum atomic E-state index is 12.9. The Morgan fingerprint density at radius 3 is 2.73 bits per heavy atom. The first-order chi connectivity index (χ1) is 10.4. The Morgan fingerprint density at radius 2 is 2.05 bits per heavy atom. The van der Waals surface area contributed by atoms with Crippen LogP contribution in [0.15, 0.2) is 21.5 Å². The molecule has 0 amide bonds. The van der Waals surface area contributed by atoms with Gasteiger partial charge in [-0.1, -0.05) is 0 Å². The molecule has 0 N–H and O–H groups in total. The molecule has 3 aromatic heterocycles. The van der Waals surface area contributed by atoms with Crippen LogP contribution in [-0.4, -0.2) is 25.8 Å². The Labute approximate surface area is 121 Å². The van der Waals surface area contributed by atoms with Crippen LogP contribution >= 0.6 is 0 Å². The summed E-state index contributed by atoms with van der Waals surface area (Å²) >= 11 is 0. The van der Waals surface area contributed by atoms with Crippen LogP contribution < -0.4 is 0 Å². The van der Waals surface area contributed by atoms with Gasteiger partial charge in [-0.25, -0.2) is 9.97 Å². The van der Waals surface area contributed by atoms with E-state index in [0.717, 1.165) is 4.52 Å². The zero-order valence-corrected chi connectivity index (χ0v) is 11.2. The minimum atomic E-state index is -4.63. The SMILES string of the molecule is Cc1ccc(-c2nc3c(c4nc(C(F)(F)F)nn24)C=NC3)o1. The van der Waals surface area contributed by atoms with Gasteiger partial charge in [0.1, 0.15) is 5.76 Å². The van der Waals surface area contributed by atoms with Crippen LogP contribution in [0.5, 0.6) is 0 Å². The Balaban J connectivity index is 2.06. The highest BCUT2D eigenvalue weighted by Crippen LogP contribution is 2.30. The van der Waals surface area contributed by atoms with Crippen molar-refractivity contribution in [2.75, 3.05) is 0 Å². The molecule has 3 aromatic rings. The molecule has 0 saturated carbocycles. The summed E-state index contributed by atoms with van der Waals surface area (Å²) in [5, 5.41) is 3.54. The molecule has 4 rings (SSSR count). The van der Waals surface area contributed by atoms with Crippen molar-refractivity contribution >= 4 is 11.9 Å². The molecule has 0 aromatic carbocycles. The number of alkyl halides is 3. The van der Waals surface area contributed by atoms with E-state index in [1.807, 2.05) is 0 Å². The third kappa shape index (κ3) is 1.81. The van der Waals surface area contributed by atoms with Gasteiger partial charge >= 0.3 is 6.18 Å². The number of aromatic nitrogens is 4. The Hall–Kier alpha value is -2.71. The molecule has 0 atom stereocenters. The van der Waals surface area contributed by atoms with Gasteiger partial charge in [0.05, 0.1) is 17.8 Å². The van der Waals surface area contributed by atoms with Gasteiger partial charge in [0.2, 0.25) is 0 Å². The van der Waals surface area contributed by atoms with Crippen molar-refractivity contribution in [3.63, 3.8) is 0 Å². The van der Waals surface area contributed by atoms with Gasteiger partial charge in [0, 0.05) is 6.21 Å². The number of halogens is 3. The molecule has 0 bridgehead atoms. The van der Waals surface area contributed by atoms with Crippen LogP contribution in [0, 0.1) is 6.92 Å². The van der Waals surface area contributed by atoms with Crippen molar-refractivity contribution in [2.24, 2.45) is 4.99 Å². The molecule has 22 heavy (non-hydrogen) atoms. The van der Waals surface area contributed by atoms with E-state index in [0.29, 0.717) is 29.3 Å². The first-order valence-electron chi connectivity index (χ1n) is 6.37. The topological polar surface area (TPSA) is 68.6 Å². The second-order valence-electron chi connectivity index (χ2n) is 4.84. The molecular weight excluding hydrogens is 299 g/mol. The summed E-state index contributed by atoms with van der Waals surface area (Å²) in [6, 6.07) is 3.34. The first kappa shape index (κ1) is 13.0. The molecule has 0 aliphatic carbocycles. The third-order valence-corrected chi connectivity index (χ3v) is 3.28. The van der Waals surface area contributed by atoms with Gasteiger partial charge < -0.3 is 4.42 Å². The van der Waals surface area contributed by atoms with Crippen molar-refractivity contribution in [2.45, 2.75) is 19.6 Å². The highest BCUT2D eigenvalue weighted by molar-refractivity contribution is 5.91. The molecule has 0 spiro atoms. The summed E-state index contributed by atoms with van der Waals surface area (Å²) in [6.07, 6.45) is -3.17. The zero-order valence-electron chi connectivity index (χ0n) is 11.2. The lowest BCUT2D eigenvalue weighted by Gasteiger charge is -2.04. The Bertz CT molecular complexity index is 922. The summed E-state index contributed by atoms with van der Waals surface area (Å²) in [7, 11) is 0. The highest BCUT2D eigenvalue weighted by Gasteiger charge is 2.37. The summed E-state index contributed by atoms with van der Waals surface area (Å²) < 4.78 is 45.2. The second-order valence-corrected chi connectivity index (χ2v) is 4.84. The molecule has 6 nitrogen and oxygen atoms in total. The molecule has 0 fully saturated rings. The van der Waals surface area contributed by atoms with E-state index in [2.05, 4.69) is 20.1 Å². The van der Waals surface area contributed by atoms with Crippen LogP contribution in [0.25, 0.3) is 17.2 Å². The van der Waals surface area contributed by atoms with E-state index >= 15 is 0 Å². The van der Waals surface area contributed by atoms with E-state index in [1.54, 1.807) is 19.1 Å². The standard InChI is InChI=1S/C13H8F3N5O/c1-6-2-3-9(22-6)11-18-8-5-17-4-7(8)10-19-12(13(14,15)16)20-21(10)11/h2-4H,5H2,1H3. The molecular formula is C13H8F3N5O. The average Bonchev–Trinajstić information content (AvgIpc) is 3.13. The van der Waals surface area contributed by atoms with Gasteiger partial charge in [-0.2, -0.15) is 17.7 Å². The molecule has 9 heteroatoms. The van der Waals surface area contributed by atoms with Crippen LogP contribution in [-0.2, 0) is 12.7 Å². The van der Waals surface area contributed by atoms with Gasteiger partial charge in [-0.05, 0) is 19.1 Å². The van der Waals surface area contributed by atoms with Crippen molar-refractivity contribution in [3.8, 4) is 11.6 Å². The van der Waals surface area contributed by atoms with Crippen LogP contribution in [0.2, 0.25) is 0 Å². The molecule has 1 aliphatic heterocycles. The Kier molecular flexibility index (Phi) is 2.45. The van der Waals surface area contributed by atoms with Crippen molar-refractivity contribution < 1.29 is 17.6 Å². The summed E-state index contributed by atoms with van der Waals surface area (Å²) in [5.41, 5.74) is 1.08. The van der Waals surface area contributed by atoms with E-state index < -0.39 is 12.0 Å². The highest BCUT2D eigenvalue weighted by atomic mass is 19.4. The molecule has 112 valence electrons. The number of aliphatic imine (C=N–C) groups is 1. The normalized spacial score (nSPS) is 14.0. The maximum Gasteiger partial charge on any atom is 0.453 e. The quantitative estimate of drug-likeness (QED) is 0.693. The first-order valence-corrected chi connectivity index (χ1v) is 6.37. The van der Waals surface area contributed by atoms with E-state index in [-0.39, 0.29) is 11.5 Å². The molecule has 4 heterocycles. The number of nitrogens with zero attached hydrogens (tertiary/aromatic N) is 5. The fourth-order valence-corrected chi connectivity index (χ4v) is 2.31. The van der Waals surface area contributed by atoms with E-state index in [4.69, 9.17) is 4.42 Å². The number of furan rings is 1. The van der Waals surface area contributed by atoms with Gasteiger partial charge in [0.15, 0.2) is 17.2 Å². The van der Waals surface area contributed by atoms with Gasteiger partial charge in [-0.15, -0.1) is 5.10 Å². The fourth-order valence-electron chi connectivity index (χ4n) is 2.31. The third-order valence-electron chi connectivity index (χ3n) is 3.28. The molecule has 0 radical (unpaired) electrons. The zero-order chi connectivity index (χ0) is 15.5. The van der Waals surface area contributed by atoms with Crippen molar-refractivity contribution in [1.29, 1.82) is 0 Å². The lowest BCUT2D eigenvalue weighted by molar-refractivity contribution is -0.144. The van der Waals surface area contributed by atoms with Crippen molar-refractivity contribution in [3.05, 3.63) is 35.0 Å². The van der Waals surface area contributed by atoms with Gasteiger partial charge in [-0.3, -0.25) is 4.99 Å². The minimum Gasteiger partial charge on any atom is -0.458 e. The number of rotatable bonds is 1. The predicted molar refractivity (Wildman–Crippen MR) is 69.5 cm³/mol. The van der Waals surface area contributed by atoms with Crippen LogP contribution in [0.4, 0.5) is 13.2 Å². The number of aryl methyl sites for hydroxylation is 1. The minimum absolute atomic E-state index is 0.0719. The summed E-state index contributed by atoms with van der Waals surface area (Å²) in [4.78, 5) is 12.0. The van der Waals surface area contributed by atoms with E-state index in [1.165, 1.54) is 6.21 Å². The fraction of sp³-hybridized carbons (Fsp3) is 0.231. The predicted octanol–water partition coefficient (Wildman–Crippen LogP) is 2.64. The van der Waals surface area contributed by atoms with Crippen LogP contribution in [0.1, 0.15) is 22.8 Å². The van der Waals surface area contributed by atoms with E-state index in [9.17, 15) is 13.2 Å². The molecule has 1 aliphatic rings. The number of fused-ring (bicyclic) bond motifs is 3. The second kappa shape index (κ2) is 4.15. The van der Waals surface area contributed by atoms with Gasteiger partial charge in [0.25, 0.3) is 5.82 Å². The monoisotopic (exact) mass is 307 g/mol. The maximum absolute atomic E-state index is 12.9. The largest absolute Gasteiger partial charge is 0.458 e. The lowest BCUT2D eigenvalue weighted by Crippen LogP contribution is -2.08. The average molecular weight is 307 g/mol. The summed E-state index contributed by atoms with van der Waals surface area (Å²) in [5.74, 6) is -0.0865.